The highest BCUT2D eigenvalue weighted by atomic mass is 32.1. The van der Waals surface area contributed by atoms with Gasteiger partial charge in [-0.3, -0.25) is 4.98 Å². The van der Waals surface area contributed by atoms with Crippen molar-refractivity contribution in [2.45, 2.75) is 25.9 Å². The Morgan fingerprint density at radius 2 is 1.76 bits per heavy atom. The maximum Gasteiger partial charge on any atom is 0.174 e. The molecule has 0 bridgehead atoms. The van der Waals surface area contributed by atoms with Gasteiger partial charge in [0.05, 0.1) is 17.8 Å². The van der Waals surface area contributed by atoms with Crippen molar-refractivity contribution >= 4 is 23.0 Å². The van der Waals surface area contributed by atoms with Gasteiger partial charge in [0.1, 0.15) is 11.6 Å². The molecule has 1 fully saturated rings. The number of phenolic OH excluding ortho intramolecular Hbond substituents is 1. The summed E-state index contributed by atoms with van der Waals surface area (Å²) in [5.74, 6) is -0.0822. The van der Waals surface area contributed by atoms with E-state index in [-0.39, 0.29) is 23.7 Å². The van der Waals surface area contributed by atoms with E-state index in [1.165, 1.54) is 12.1 Å². The van der Waals surface area contributed by atoms with Crippen molar-refractivity contribution in [2.24, 2.45) is 0 Å². The first-order chi connectivity index (χ1) is 15.9. The lowest BCUT2D eigenvalue weighted by Gasteiger charge is -2.28. The highest BCUT2D eigenvalue weighted by molar-refractivity contribution is 7.80. The Labute approximate surface area is 197 Å². The molecule has 2 aromatic carbocycles. The highest BCUT2D eigenvalue weighted by Crippen LogP contribution is 2.43. The van der Waals surface area contributed by atoms with E-state index in [1.807, 2.05) is 50.2 Å². The first kappa shape index (κ1) is 21.2. The third-order valence-corrected chi connectivity index (χ3v) is 6.40. The number of aryl methyl sites for hydroxylation is 1. The smallest absolute Gasteiger partial charge is 0.174 e. The van der Waals surface area contributed by atoms with Crippen LogP contribution in [0.5, 0.6) is 5.75 Å². The average Bonchev–Trinajstić information content (AvgIpc) is 3.30. The van der Waals surface area contributed by atoms with Crippen LogP contribution >= 0.6 is 12.2 Å². The molecule has 1 saturated heterocycles. The third-order valence-electron chi connectivity index (χ3n) is 6.08. The molecule has 3 heterocycles. The van der Waals surface area contributed by atoms with Crippen LogP contribution in [0.2, 0.25) is 0 Å². The molecule has 2 atom stereocenters. The molecule has 0 saturated carbocycles. The molecule has 4 aromatic rings. The zero-order valence-electron chi connectivity index (χ0n) is 18.2. The van der Waals surface area contributed by atoms with E-state index in [0.29, 0.717) is 5.11 Å². The molecule has 2 N–H and O–H groups in total. The minimum atomic E-state index is -0.276. The van der Waals surface area contributed by atoms with Crippen LogP contribution in [0.1, 0.15) is 34.7 Å². The lowest BCUT2D eigenvalue weighted by Crippen LogP contribution is -2.29. The summed E-state index contributed by atoms with van der Waals surface area (Å²) in [6.07, 6.45) is 1.77. The summed E-state index contributed by atoms with van der Waals surface area (Å²) in [5.41, 5.74) is 5.57. The average molecular weight is 459 g/mol. The molecule has 0 unspecified atom stereocenters. The summed E-state index contributed by atoms with van der Waals surface area (Å²) in [4.78, 5) is 6.66. The van der Waals surface area contributed by atoms with Crippen LogP contribution in [0.15, 0.2) is 79.0 Å². The third kappa shape index (κ3) is 3.74. The molecule has 0 aliphatic carbocycles. The monoisotopic (exact) mass is 458 g/mol. The van der Waals surface area contributed by atoms with Crippen molar-refractivity contribution in [3.05, 3.63) is 107 Å². The predicted octanol–water partition coefficient (Wildman–Crippen LogP) is 5.51. The van der Waals surface area contributed by atoms with Gasteiger partial charge in [-0.2, -0.15) is 0 Å². The van der Waals surface area contributed by atoms with Crippen molar-refractivity contribution in [3.63, 3.8) is 0 Å². The number of anilines is 1. The van der Waals surface area contributed by atoms with E-state index in [4.69, 9.17) is 12.2 Å². The van der Waals surface area contributed by atoms with E-state index in [2.05, 4.69) is 25.8 Å². The number of benzene rings is 2. The number of aromatic nitrogens is 2. The van der Waals surface area contributed by atoms with Gasteiger partial charge in [-0.1, -0.05) is 12.1 Å². The van der Waals surface area contributed by atoms with Gasteiger partial charge < -0.3 is 19.9 Å². The minimum Gasteiger partial charge on any atom is -0.508 e. The van der Waals surface area contributed by atoms with E-state index >= 15 is 0 Å². The second kappa shape index (κ2) is 8.33. The molecule has 33 heavy (non-hydrogen) atoms. The molecule has 1 aliphatic heterocycles. The van der Waals surface area contributed by atoms with Crippen LogP contribution in [-0.4, -0.2) is 19.8 Å². The molecular formula is C26H23FN4OS. The fraction of sp³-hybridized carbons (Fsp3) is 0.154. The Kier molecular flexibility index (Phi) is 5.34. The van der Waals surface area contributed by atoms with Crippen molar-refractivity contribution < 1.29 is 9.50 Å². The van der Waals surface area contributed by atoms with Crippen LogP contribution in [0.4, 0.5) is 10.1 Å². The molecule has 0 amide bonds. The van der Waals surface area contributed by atoms with Crippen molar-refractivity contribution in [1.29, 1.82) is 0 Å². The molecular weight excluding hydrogens is 435 g/mol. The van der Waals surface area contributed by atoms with Crippen molar-refractivity contribution in [2.75, 3.05) is 4.90 Å². The molecule has 1 aliphatic rings. The number of aromatic hydroxyl groups is 1. The number of thiocarbonyl (C=S) groups is 1. The first-order valence-electron chi connectivity index (χ1n) is 10.7. The van der Waals surface area contributed by atoms with E-state index in [9.17, 15) is 9.50 Å². The van der Waals surface area contributed by atoms with E-state index < -0.39 is 0 Å². The van der Waals surface area contributed by atoms with Crippen LogP contribution in [0, 0.1) is 19.7 Å². The van der Waals surface area contributed by atoms with E-state index in [0.717, 1.165) is 34.0 Å². The fourth-order valence-electron chi connectivity index (χ4n) is 4.66. The van der Waals surface area contributed by atoms with Crippen LogP contribution in [-0.2, 0) is 0 Å². The minimum absolute atomic E-state index is 0.186. The SMILES string of the molecule is Cc1cc([C@@H]2[C@H](c3ccccn3)NC(=S)N2c2ccc(O)cc2)c(C)n1-c1cccc(F)c1. The van der Waals surface area contributed by atoms with Gasteiger partial charge in [0, 0.05) is 29.0 Å². The molecule has 7 heteroatoms. The Balaban J connectivity index is 1.68. The second-order valence-corrected chi connectivity index (χ2v) is 8.54. The predicted molar refractivity (Wildman–Crippen MR) is 131 cm³/mol. The molecule has 0 spiro atoms. The van der Waals surface area contributed by atoms with Gasteiger partial charge in [-0.15, -0.1) is 0 Å². The zero-order chi connectivity index (χ0) is 23.1. The number of nitrogens with one attached hydrogen (secondary N) is 1. The number of pyridine rings is 1. The summed E-state index contributed by atoms with van der Waals surface area (Å²) in [6.45, 7) is 4.06. The largest absolute Gasteiger partial charge is 0.508 e. The summed E-state index contributed by atoms with van der Waals surface area (Å²) >= 11 is 5.77. The molecule has 5 rings (SSSR count). The number of nitrogens with zero attached hydrogens (tertiary/aromatic N) is 3. The highest BCUT2D eigenvalue weighted by Gasteiger charge is 2.42. The summed E-state index contributed by atoms with van der Waals surface area (Å²) in [6, 6.07) is 21.2. The van der Waals surface area contributed by atoms with E-state index in [1.54, 1.807) is 24.4 Å². The summed E-state index contributed by atoms with van der Waals surface area (Å²) in [7, 11) is 0. The quantitative estimate of drug-likeness (QED) is 0.395. The van der Waals surface area contributed by atoms with Crippen LogP contribution in [0.25, 0.3) is 5.69 Å². The number of halogens is 1. The number of hydrogen-bond donors (Lipinski definition) is 2. The Morgan fingerprint density at radius 3 is 2.45 bits per heavy atom. The molecule has 166 valence electrons. The second-order valence-electron chi connectivity index (χ2n) is 8.15. The molecule has 5 nitrogen and oxygen atoms in total. The molecule has 0 radical (unpaired) electrons. The van der Waals surface area contributed by atoms with Gasteiger partial charge in [-0.25, -0.2) is 4.39 Å². The van der Waals surface area contributed by atoms with Gasteiger partial charge >= 0.3 is 0 Å². The number of hydrogen-bond acceptors (Lipinski definition) is 3. The van der Waals surface area contributed by atoms with Gasteiger partial charge in [0.15, 0.2) is 5.11 Å². The van der Waals surface area contributed by atoms with Crippen LogP contribution in [0.3, 0.4) is 0 Å². The zero-order valence-corrected chi connectivity index (χ0v) is 19.1. The van der Waals surface area contributed by atoms with Crippen molar-refractivity contribution in [1.82, 2.24) is 14.9 Å². The number of phenols is 1. The van der Waals surface area contributed by atoms with Gasteiger partial charge in [0.25, 0.3) is 0 Å². The van der Waals surface area contributed by atoms with Gasteiger partial charge in [-0.05, 0) is 92.3 Å². The normalized spacial score (nSPS) is 17.9. The van der Waals surface area contributed by atoms with Crippen molar-refractivity contribution in [3.8, 4) is 11.4 Å². The Morgan fingerprint density at radius 1 is 0.970 bits per heavy atom. The fourth-order valence-corrected chi connectivity index (χ4v) is 5.01. The standard InChI is InChI=1S/C26H23FN4OS/c1-16-14-22(17(2)30(16)20-7-5-6-18(27)15-20)25-24(23-8-3-4-13-28-23)29-26(33)31(25)19-9-11-21(32)12-10-19/h3-15,24-25,32H,1-2H3,(H,29,33)/t24-,25+/m0/s1. The Hall–Kier alpha value is -3.71. The molecule has 2 aromatic heterocycles. The van der Waals surface area contributed by atoms with Crippen LogP contribution < -0.4 is 10.2 Å². The first-order valence-corrected chi connectivity index (χ1v) is 11.1. The van der Waals surface area contributed by atoms with Gasteiger partial charge in [0.2, 0.25) is 0 Å². The maximum absolute atomic E-state index is 14.0. The summed E-state index contributed by atoms with van der Waals surface area (Å²) in [5, 5.41) is 13.8. The maximum atomic E-state index is 14.0. The Bertz CT molecular complexity index is 1320. The summed E-state index contributed by atoms with van der Waals surface area (Å²) < 4.78 is 16.1. The lowest BCUT2D eigenvalue weighted by atomic mass is 9.96. The lowest BCUT2D eigenvalue weighted by molar-refractivity contribution is 0.475. The number of rotatable bonds is 4. The topological polar surface area (TPSA) is 53.3 Å².